The molecule has 1 aromatic carbocycles. The van der Waals surface area contributed by atoms with Crippen LogP contribution in [0.4, 0.5) is 0 Å². The summed E-state index contributed by atoms with van der Waals surface area (Å²) in [5.74, 6) is 0.960. The molecule has 0 bridgehead atoms. The van der Waals surface area contributed by atoms with Gasteiger partial charge < -0.3 is 19.4 Å². The molecule has 1 aliphatic rings. The highest BCUT2D eigenvalue weighted by molar-refractivity contribution is 5.99. The average molecular weight is 344 g/mol. The molecule has 0 spiro atoms. The average Bonchev–Trinajstić information content (AvgIpc) is 2.81. The highest BCUT2D eigenvalue weighted by Gasteiger charge is 2.19. The Morgan fingerprint density at radius 2 is 2.16 bits per heavy atom. The number of aryl methyl sites for hydroxylation is 1. The first kappa shape index (κ1) is 17.3. The molecule has 0 radical (unpaired) electrons. The summed E-state index contributed by atoms with van der Waals surface area (Å²) in [7, 11) is 1.61. The first-order chi connectivity index (χ1) is 12.1. The van der Waals surface area contributed by atoms with Crippen molar-refractivity contribution in [1.29, 1.82) is 0 Å². The van der Waals surface area contributed by atoms with Gasteiger partial charge in [-0.3, -0.25) is 9.59 Å². The van der Waals surface area contributed by atoms with E-state index in [1.54, 1.807) is 19.2 Å². The van der Waals surface area contributed by atoms with E-state index in [9.17, 15) is 9.59 Å². The van der Waals surface area contributed by atoms with E-state index in [4.69, 9.17) is 9.15 Å². The number of ether oxygens (including phenoxy) is 1. The lowest BCUT2D eigenvalue weighted by Gasteiger charge is -2.20. The van der Waals surface area contributed by atoms with Crippen LogP contribution >= 0.6 is 0 Å². The first-order valence-electron chi connectivity index (χ1n) is 8.73. The van der Waals surface area contributed by atoms with E-state index in [0.717, 1.165) is 42.5 Å². The molecule has 2 heterocycles. The quantitative estimate of drug-likeness (QED) is 0.905. The fourth-order valence-electron chi connectivity index (χ4n) is 3.20. The number of benzene rings is 1. The summed E-state index contributed by atoms with van der Waals surface area (Å²) in [6, 6.07) is 5.46. The van der Waals surface area contributed by atoms with Crippen molar-refractivity contribution in [2.24, 2.45) is 0 Å². The highest BCUT2D eigenvalue weighted by Crippen LogP contribution is 2.28. The van der Waals surface area contributed by atoms with Crippen molar-refractivity contribution in [3.05, 3.63) is 29.5 Å². The number of methoxy groups -OCH3 is 1. The Morgan fingerprint density at radius 1 is 1.32 bits per heavy atom. The molecular weight excluding hydrogens is 320 g/mol. The Labute approximate surface area is 147 Å². The summed E-state index contributed by atoms with van der Waals surface area (Å²) in [6.45, 7) is 3.60. The molecule has 25 heavy (non-hydrogen) atoms. The maximum Gasteiger partial charge on any atom is 0.287 e. The number of amides is 2. The van der Waals surface area contributed by atoms with Gasteiger partial charge in [-0.15, -0.1) is 0 Å². The lowest BCUT2D eigenvalue weighted by Crippen LogP contribution is -2.38. The highest BCUT2D eigenvalue weighted by atomic mass is 16.5. The second kappa shape index (κ2) is 7.59. The van der Waals surface area contributed by atoms with Crippen LogP contribution in [0, 0.1) is 6.92 Å². The predicted octanol–water partition coefficient (Wildman–Crippen LogP) is 2.88. The second-order valence-corrected chi connectivity index (χ2v) is 6.37. The fourth-order valence-corrected chi connectivity index (χ4v) is 3.20. The molecule has 134 valence electrons. The lowest BCUT2D eigenvalue weighted by atomic mass is 10.1. The zero-order valence-electron chi connectivity index (χ0n) is 14.8. The number of hydrogen-bond acceptors (Lipinski definition) is 4. The standard InChI is InChI=1S/C19H24N2O4/c1-13-15-12-14(24-2)7-8-16(15)25-18(13)19(23)20-9-11-21-10-5-3-4-6-17(21)22/h7-8,12H,3-6,9-11H2,1-2H3,(H,20,23). The molecule has 1 fully saturated rings. The maximum absolute atomic E-state index is 12.4. The minimum atomic E-state index is -0.255. The fraction of sp³-hybridized carbons (Fsp3) is 0.474. The van der Waals surface area contributed by atoms with Gasteiger partial charge in [0.2, 0.25) is 5.91 Å². The molecule has 0 aliphatic carbocycles. The smallest absolute Gasteiger partial charge is 0.287 e. The molecular formula is C19H24N2O4. The number of fused-ring (bicyclic) bond motifs is 1. The third-order valence-corrected chi connectivity index (χ3v) is 4.69. The van der Waals surface area contributed by atoms with E-state index in [1.165, 1.54) is 0 Å². The third-order valence-electron chi connectivity index (χ3n) is 4.69. The van der Waals surface area contributed by atoms with Gasteiger partial charge in [0.05, 0.1) is 7.11 Å². The number of nitrogens with one attached hydrogen (secondary N) is 1. The predicted molar refractivity (Wildman–Crippen MR) is 94.9 cm³/mol. The summed E-state index contributed by atoms with van der Waals surface area (Å²) < 4.78 is 10.9. The summed E-state index contributed by atoms with van der Waals surface area (Å²) >= 11 is 0. The van der Waals surface area contributed by atoms with Crippen LogP contribution in [0.1, 0.15) is 41.8 Å². The van der Waals surface area contributed by atoms with Crippen LogP contribution in [0.15, 0.2) is 22.6 Å². The third kappa shape index (κ3) is 3.78. The minimum Gasteiger partial charge on any atom is -0.497 e. The molecule has 0 unspecified atom stereocenters. The number of nitrogens with zero attached hydrogens (tertiary/aromatic N) is 1. The van der Waals surface area contributed by atoms with E-state index >= 15 is 0 Å². The number of likely N-dealkylation sites (tertiary alicyclic amines) is 1. The van der Waals surface area contributed by atoms with Crippen molar-refractivity contribution < 1.29 is 18.7 Å². The van der Waals surface area contributed by atoms with Gasteiger partial charge in [-0.1, -0.05) is 6.42 Å². The Kier molecular flexibility index (Phi) is 5.26. The van der Waals surface area contributed by atoms with Gasteiger partial charge >= 0.3 is 0 Å². The minimum absolute atomic E-state index is 0.179. The number of carbonyl (C=O) groups excluding carboxylic acids is 2. The second-order valence-electron chi connectivity index (χ2n) is 6.37. The topological polar surface area (TPSA) is 71.8 Å². The molecule has 1 saturated heterocycles. The summed E-state index contributed by atoms with van der Waals surface area (Å²) in [5.41, 5.74) is 1.45. The van der Waals surface area contributed by atoms with E-state index in [2.05, 4.69) is 5.32 Å². The van der Waals surface area contributed by atoms with E-state index < -0.39 is 0 Å². The van der Waals surface area contributed by atoms with Gasteiger partial charge in [-0.05, 0) is 38.0 Å². The Bertz CT molecular complexity index is 781. The van der Waals surface area contributed by atoms with Crippen molar-refractivity contribution in [1.82, 2.24) is 10.2 Å². The maximum atomic E-state index is 12.4. The Morgan fingerprint density at radius 3 is 2.96 bits per heavy atom. The van der Waals surface area contributed by atoms with Gasteiger partial charge in [-0.2, -0.15) is 0 Å². The molecule has 1 aromatic heterocycles. The molecule has 3 rings (SSSR count). The van der Waals surface area contributed by atoms with Crippen LogP contribution in [-0.2, 0) is 4.79 Å². The van der Waals surface area contributed by atoms with E-state index in [1.807, 2.05) is 17.9 Å². The molecule has 1 N–H and O–H groups in total. The van der Waals surface area contributed by atoms with Crippen molar-refractivity contribution in [2.75, 3.05) is 26.7 Å². The van der Waals surface area contributed by atoms with Crippen LogP contribution in [0.2, 0.25) is 0 Å². The zero-order chi connectivity index (χ0) is 17.8. The number of furan rings is 1. The molecule has 2 aromatic rings. The zero-order valence-corrected chi connectivity index (χ0v) is 14.8. The van der Waals surface area contributed by atoms with Crippen LogP contribution in [0.3, 0.4) is 0 Å². The van der Waals surface area contributed by atoms with E-state index in [0.29, 0.717) is 30.9 Å². The lowest BCUT2D eigenvalue weighted by molar-refractivity contribution is -0.130. The van der Waals surface area contributed by atoms with Crippen molar-refractivity contribution in [3.8, 4) is 5.75 Å². The number of carbonyl (C=O) groups is 2. The van der Waals surface area contributed by atoms with Crippen LogP contribution in [0.25, 0.3) is 11.0 Å². The van der Waals surface area contributed by atoms with E-state index in [-0.39, 0.29) is 11.8 Å². The molecule has 1 aliphatic heterocycles. The van der Waals surface area contributed by atoms with Gasteiger partial charge in [0, 0.05) is 37.0 Å². The normalized spacial score (nSPS) is 15.3. The van der Waals surface area contributed by atoms with Crippen LogP contribution < -0.4 is 10.1 Å². The molecule has 6 heteroatoms. The number of rotatable bonds is 5. The monoisotopic (exact) mass is 344 g/mol. The largest absolute Gasteiger partial charge is 0.497 e. The molecule has 0 atom stereocenters. The first-order valence-corrected chi connectivity index (χ1v) is 8.73. The Balaban J connectivity index is 1.64. The SMILES string of the molecule is COc1ccc2oc(C(=O)NCCN3CCCCCC3=O)c(C)c2c1. The molecule has 2 amide bonds. The van der Waals surface area contributed by atoms with Crippen LogP contribution in [-0.4, -0.2) is 43.5 Å². The van der Waals surface area contributed by atoms with Gasteiger partial charge in [0.1, 0.15) is 11.3 Å². The van der Waals surface area contributed by atoms with Crippen molar-refractivity contribution in [2.45, 2.75) is 32.6 Å². The Hall–Kier alpha value is -2.50. The van der Waals surface area contributed by atoms with Crippen LogP contribution in [0.5, 0.6) is 5.75 Å². The van der Waals surface area contributed by atoms with Gasteiger partial charge in [0.15, 0.2) is 5.76 Å². The number of hydrogen-bond donors (Lipinski definition) is 1. The molecule has 6 nitrogen and oxygen atoms in total. The summed E-state index contributed by atoms with van der Waals surface area (Å²) in [6.07, 6.45) is 3.70. The van der Waals surface area contributed by atoms with Crippen molar-refractivity contribution in [3.63, 3.8) is 0 Å². The van der Waals surface area contributed by atoms with Gasteiger partial charge in [0.25, 0.3) is 5.91 Å². The molecule has 0 saturated carbocycles. The summed E-state index contributed by atoms with van der Waals surface area (Å²) in [4.78, 5) is 26.3. The van der Waals surface area contributed by atoms with Crippen molar-refractivity contribution >= 4 is 22.8 Å². The summed E-state index contributed by atoms with van der Waals surface area (Å²) in [5, 5.41) is 3.73. The van der Waals surface area contributed by atoms with Gasteiger partial charge in [-0.25, -0.2) is 0 Å².